The van der Waals surface area contributed by atoms with E-state index in [1.54, 1.807) is 4.90 Å². The highest BCUT2D eigenvalue weighted by molar-refractivity contribution is 6.76. The first-order valence-electron chi connectivity index (χ1n) is 15.7. The SMILES string of the molecule is CC(C)CC(C(=O)O)[C@H](Cc1ccc(-c2ccc3c(c2)CN(C(=O)OC(C)(C)C)C3)cn1)c1nnn(COCC[Si](C)(C)C)n1. The summed E-state index contributed by atoms with van der Waals surface area (Å²) >= 11 is 0. The molecule has 11 nitrogen and oxygen atoms in total. The van der Waals surface area contributed by atoms with E-state index in [0.717, 1.165) is 34.0 Å². The van der Waals surface area contributed by atoms with Gasteiger partial charge in [-0.3, -0.25) is 14.7 Å². The highest BCUT2D eigenvalue weighted by Gasteiger charge is 2.34. The minimum Gasteiger partial charge on any atom is -0.481 e. The molecule has 3 aromatic rings. The van der Waals surface area contributed by atoms with Crippen molar-refractivity contribution in [3.8, 4) is 11.1 Å². The molecule has 0 aliphatic carbocycles. The van der Waals surface area contributed by atoms with Crippen molar-refractivity contribution >= 4 is 20.1 Å². The van der Waals surface area contributed by atoms with Crippen LogP contribution in [0.1, 0.15) is 69.6 Å². The molecule has 1 unspecified atom stereocenters. The smallest absolute Gasteiger partial charge is 0.410 e. The number of aromatic nitrogens is 5. The van der Waals surface area contributed by atoms with Crippen LogP contribution < -0.4 is 0 Å². The van der Waals surface area contributed by atoms with Crippen molar-refractivity contribution in [2.24, 2.45) is 11.8 Å². The van der Waals surface area contributed by atoms with Gasteiger partial charge in [-0.25, -0.2) is 4.79 Å². The Hall–Kier alpha value is -3.64. The average molecular weight is 637 g/mol. The van der Waals surface area contributed by atoms with Gasteiger partial charge in [-0.1, -0.05) is 51.7 Å². The lowest BCUT2D eigenvalue weighted by Gasteiger charge is -2.24. The molecule has 0 bridgehead atoms. The van der Waals surface area contributed by atoms with Gasteiger partial charge in [0.25, 0.3) is 0 Å². The van der Waals surface area contributed by atoms with E-state index in [1.165, 1.54) is 4.80 Å². The molecule has 0 spiro atoms. The number of aliphatic carboxylic acids is 1. The van der Waals surface area contributed by atoms with Crippen molar-refractivity contribution in [3.05, 3.63) is 59.2 Å². The Morgan fingerprint density at radius 1 is 1.04 bits per heavy atom. The Balaban J connectivity index is 1.48. The van der Waals surface area contributed by atoms with Gasteiger partial charge in [0.05, 0.1) is 5.92 Å². The summed E-state index contributed by atoms with van der Waals surface area (Å²) in [6, 6.07) is 11.1. The molecule has 0 radical (unpaired) electrons. The van der Waals surface area contributed by atoms with E-state index in [1.807, 2.05) is 65.1 Å². The van der Waals surface area contributed by atoms with Gasteiger partial charge in [0.1, 0.15) is 5.60 Å². The maximum atomic E-state index is 12.6. The molecule has 45 heavy (non-hydrogen) atoms. The number of carboxylic acid groups (broad SMARTS) is 1. The van der Waals surface area contributed by atoms with Crippen LogP contribution in [0.15, 0.2) is 36.5 Å². The molecular weight excluding hydrogens is 588 g/mol. The van der Waals surface area contributed by atoms with Crippen LogP contribution in [0.4, 0.5) is 4.79 Å². The van der Waals surface area contributed by atoms with Crippen molar-refractivity contribution in [1.29, 1.82) is 0 Å². The zero-order chi connectivity index (χ0) is 32.9. The highest BCUT2D eigenvalue weighted by atomic mass is 28.3. The van der Waals surface area contributed by atoms with Gasteiger partial charge in [-0.15, -0.1) is 15.0 Å². The topological polar surface area (TPSA) is 133 Å². The summed E-state index contributed by atoms with van der Waals surface area (Å²) in [5.74, 6) is -1.52. The number of ether oxygens (including phenoxy) is 2. The van der Waals surface area contributed by atoms with Crippen LogP contribution in [-0.2, 0) is 40.5 Å². The zero-order valence-corrected chi connectivity index (χ0v) is 28.9. The van der Waals surface area contributed by atoms with Gasteiger partial charge in [-0.2, -0.15) is 0 Å². The number of carbonyl (C=O) groups excluding carboxylic acids is 1. The number of pyridine rings is 1. The molecule has 1 aliphatic heterocycles. The average Bonchev–Trinajstić information content (AvgIpc) is 3.59. The van der Waals surface area contributed by atoms with Crippen molar-refractivity contribution in [3.63, 3.8) is 0 Å². The van der Waals surface area contributed by atoms with Gasteiger partial charge >= 0.3 is 12.1 Å². The van der Waals surface area contributed by atoms with Gasteiger partial charge in [0, 0.05) is 57.6 Å². The lowest BCUT2D eigenvalue weighted by Crippen LogP contribution is -2.33. The second-order valence-electron chi connectivity index (χ2n) is 14.6. The standard InChI is InChI=1S/C33H48N6O5Si/c1-22(2)15-29(31(40)41)28(30-35-37-39(36-30)21-43-13-14-45(6,7)8)17-27-12-11-24(18-34-27)23-9-10-25-19-38(20-26(25)16-23)32(42)44-33(3,4)5/h9-12,16,18,22,28-29H,13-15,17,19-21H2,1-8H3,(H,40,41)/t28-,29?/m0/s1. The lowest BCUT2D eigenvalue weighted by atomic mass is 9.82. The monoisotopic (exact) mass is 636 g/mol. The number of carboxylic acids is 1. The van der Waals surface area contributed by atoms with E-state index >= 15 is 0 Å². The number of fused-ring (bicyclic) bond motifs is 1. The third kappa shape index (κ3) is 9.92. The van der Waals surface area contributed by atoms with Gasteiger partial charge < -0.3 is 14.6 Å². The first-order valence-corrected chi connectivity index (χ1v) is 19.4. The van der Waals surface area contributed by atoms with Crippen molar-refractivity contribution < 1.29 is 24.2 Å². The summed E-state index contributed by atoms with van der Waals surface area (Å²) in [4.78, 5) is 32.9. The van der Waals surface area contributed by atoms with Crippen LogP contribution in [0.5, 0.6) is 0 Å². The minimum absolute atomic E-state index is 0.176. The quantitative estimate of drug-likeness (QED) is 0.168. The Morgan fingerprint density at radius 3 is 2.38 bits per heavy atom. The van der Waals surface area contributed by atoms with Crippen molar-refractivity contribution in [2.45, 2.75) is 104 Å². The molecule has 1 aliphatic rings. The third-order valence-corrected chi connectivity index (χ3v) is 9.40. The molecule has 2 atom stereocenters. The molecule has 0 fully saturated rings. The number of hydrogen-bond donors (Lipinski definition) is 1. The predicted octanol–water partition coefficient (Wildman–Crippen LogP) is 6.37. The van der Waals surface area contributed by atoms with Crippen molar-refractivity contribution in [2.75, 3.05) is 6.61 Å². The number of carbonyl (C=O) groups is 2. The summed E-state index contributed by atoms with van der Waals surface area (Å²) in [5.41, 5.74) is 4.32. The fourth-order valence-electron chi connectivity index (χ4n) is 5.31. The van der Waals surface area contributed by atoms with Crippen LogP contribution in [-0.4, -0.2) is 67.5 Å². The molecule has 0 saturated heterocycles. The Morgan fingerprint density at radius 2 is 1.76 bits per heavy atom. The maximum absolute atomic E-state index is 12.6. The van der Waals surface area contributed by atoms with Crippen LogP contribution in [0.25, 0.3) is 11.1 Å². The molecule has 1 N–H and O–H groups in total. The summed E-state index contributed by atoms with van der Waals surface area (Å²) in [6.07, 6.45) is 2.33. The van der Waals surface area contributed by atoms with Gasteiger partial charge in [0.2, 0.25) is 0 Å². The molecule has 2 aromatic heterocycles. The molecule has 244 valence electrons. The fraction of sp³-hybridized carbons (Fsp3) is 0.576. The predicted molar refractivity (Wildman–Crippen MR) is 174 cm³/mol. The number of benzene rings is 1. The van der Waals surface area contributed by atoms with E-state index in [9.17, 15) is 14.7 Å². The Kier molecular flexibility index (Phi) is 10.8. The first-order chi connectivity index (χ1) is 21.1. The highest BCUT2D eigenvalue weighted by Crippen LogP contribution is 2.33. The van der Waals surface area contributed by atoms with E-state index < -0.39 is 31.5 Å². The second kappa shape index (κ2) is 14.2. The fourth-order valence-corrected chi connectivity index (χ4v) is 6.07. The van der Waals surface area contributed by atoms with Crippen LogP contribution >= 0.6 is 0 Å². The number of rotatable bonds is 13. The molecule has 4 rings (SSSR count). The van der Waals surface area contributed by atoms with Crippen LogP contribution in [0.2, 0.25) is 25.7 Å². The number of tetrazole rings is 1. The third-order valence-electron chi connectivity index (χ3n) is 7.70. The van der Waals surface area contributed by atoms with Crippen LogP contribution in [0, 0.1) is 11.8 Å². The van der Waals surface area contributed by atoms with E-state index in [0.29, 0.717) is 38.4 Å². The zero-order valence-electron chi connectivity index (χ0n) is 27.9. The normalized spacial score (nSPS) is 14.8. The van der Waals surface area contributed by atoms with E-state index in [4.69, 9.17) is 14.5 Å². The number of amides is 1. The summed E-state index contributed by atoms with van der Waals surface area (Å²) < 4.78 is 11.3. The van der Waals surface area contributed by atoms with Crippen LogP contribution in [0.3, 0.4) is 0 Å². The van der Waals surface area contributed by atoms with E-state index in [2.05, 4.69) is 41.1 Å². The summed E-state index contributed by atoms with van der Waals surface area (Å²) in [7, 11) is -1.22. The summed E-state index contributed by atoms with van der Waals surface area (Å²) in [5, 5.41) is 23.2. The summed E-state index contributed by atoms with van der Waals surface area (Å²) in [6.45, 7) is 18.3. The van der Waals surface area contributed by atoms with Gasteiger partial charge in [0.15, 0.2) is 12.6 Å². The Labute approximate surface area is 267 Å². The second-order valence-corrected chi connectivity index (χ2v) is 20.2. The van der Waals surface area contributed by atoms with Crippen molar-refractivity contribution in [1.82, 2.24) is 30.1 Å². The first kappa shape index (κ1) is 34.2. The lowest BCUT2D eigenvalue weighted by molar-refractivity contribution is -0.143. The Bertz CT molecular complexity index is 1460. The maximum Gasteiger partial charge on any atom is 0.410 e. The number of hydrogen-bond acceptors (Lipinski definition) is 8. The molecule has 1 aromatic carbocycles. The minimum atomic E-state index is -1.22. The molecule has 12 heteroatoms. The van der Waals surface area contributed by atoms with E-state index in [-0.39, 0.29) is 18.7 Å². The molecule has 1 amide bonds. The number of nitrogens with zero attached hydrogens (tertiary/aromatic N) is 6. The largest absolute Gasteiger partial charge is 0.481 e. The molecular formula is C33H48N6O5Si. The molecule has 3 heterocycles. The van der Waals surface area contributed by atoms with Gasteiger partial charge in [-0.05, 0) is 73.2 Å². The molecule has 0 saturated carbocycles.